The lowest BCUT2D eigenvalue weighted by atomic mass is 10.0. The molecule has 0 atom stereocenters. The number of hydrogen-bond donors (Lipinski definition) is 0. The van der Waals surface area contributed by atoms with Gasteiger partial charge in [-0.2, -0.15) is 8.78 Å². The first kappa shape index (κ1) is 15.9. The van der Waals surface area contributed by atoms with Crippen LogP contribution >= 0.6 is 0 Å². The van der Waals surface area contributed by atoms with Crippen LogP contribution in [-0.4, -0.2) is 12.4 Å². The molecule has 0 N–H and O–H groups in total. The molecular weight excluding hydrogens is 310 g/mol. The van der Waals surface area contributed by atoms with Crippen molar-refractivity contribution in [3.63, 3.8) is 0 Å². The van der Waals surface area contributed by atoms with Gasteiger partial charge in [0.2, 0.25) is 0 Å². The van der Waals surface area contributed by atoms with E-state index in [0.29, 0.717) is 5.56 Å². The van der Waals surface area contributed by atoms with E-state index in [1.807, 2.05) is 36.4 Å². The van der Waals surface area contributed by atoms with Crippen LogP contribution < -0.4 is 4.74 Å². The number of hydrogen-bond acceptors (Lipinski definition) is 2. The molecule has 0 bridgehead atoms. The topological polar surface area (TPSA) is 26.3 Å². The summed E-state index contributed by atoms with van der Waals surface area (Å²) in [7, 11) is 0. The zero-order valence-corrected chi connectivity index (χ0v) is 12.7. The molecule has 0 amide bonds. The number of ether oxygens (including phenoxy) is 1. The number of carbonyl (C=O) groups is 1. The van der Waals surface area contributed by atoms with Crippen LogP contribution in [0.3, 0.4) is 0 Å². The van der Waals surface area contributed by atoms with Crippen molar-refractivity contribution < 1.29 is 18.3 Å². The highest BCUT2D eigenvalue weighted by Gasteiger charge is 2.04. The van der Waals surface area contributed by atoms with Crippen molar-refractivity contribution >= 4 is 22.6 Å². The Labute approximate surface area is 138 Å². The van der Waals surface area contributed by atoms with Crippen molar-refractivity contribution in [2.24, 2.45) is 0 Å². The van der Waals surface area contributed by atoms with Crippen LogP contribution in [0.5, 0.6) is 5.75 Å². The highest BCUT2D eigenvalue weighted by atomic mass is 19.3. The van der Waals surface area contributed by atoms with Crippen LogP contribution in [0, 0.1) is 0 Å². The van der Waals surface area contributed by atoms with Gasteiger partial charge in [-0.05, 0) is 40.6 Å². The number of halogens is 2. The number of carbonyl (C=O) groups excluding carboxylic acids is 1. The smallest absolute Gasteiger partial charge is 0.387 e. The van der Waals surface area contributed by atoms with Gasteiger partial charge in [-0.3, -0.25) is 4.79 Å². The zero-order valence-electron chi connectivity index (χ0n) is 12.7. The minimum Gasteiger partial charge on any atom is -0.435 e. The van der Waals surface area contributed by atoms with E-state index in [9.17, 15) is 13.6 Å². The molecule has 2 nitrogen and oxygen atoms in total. The number of rotatable bonds is 5. The standard InChI is InChI=1S/C20H14F2O2/c21-20(22)24-18-10-5-14(6-11-18)7-12-19(23)17-9-8-15-3-1-2-4-16(15)13-17/h1-13,20H/b12-7+. The molecule has 0 aliphatic rings. The Kier molecular flexibility index (Phi) is 4.66. The predicted molar refractivity (Wildman–Crippen MR) is 90.4 cm³/mol. The van der Waals surface area contributed by atoms with Gasteiger partial charge in [0.15, 0.2) is 5.78 Å². The Balaban J connectivity index is 1.74. The molecule has 0 saturated carbocycles. The third-order valence-corrected chi connectivity index (χ3v) is 3.57. The Bertz CT molecular complexity index is 884. The molecule has 0 unspecified atom stereocenters. The quantitative estimate of drug-likeness (QED) is 0.468. The summed E-state index contributed by atoms with van der Waals surface area (Å²) in [6, 6.07) is 19.5. The maximum Gasteiger partial charge on any atom is 0.387 e. The summed E-state index contributed by atoms with van der Waals surface area (Å²) < 4.78 is 28.5. The second-order valence-corrected chi connectivity index (χ2v) is 5.21. The van der Waals surface area contributed by atoms with Crippen molar-refractivity contribution in [2.45, 2.75) is 6.61 Å². The van der Waals surface area contributed by atoms with Crippen molar-refractivity contribution in [1.82, 2.24) is 0 Å². The monoisotopic (exact) mass is 324 g/mol. The van der Waals surface area contributed by atoms with E-state index in [0.717, 1.165) is 16.3 Å². The van der Waals surface area contributed by atoms with Gasteiger partial charge in [-0.15, -0.1) is 0 Å². The molecule has 0 spiro atoms. The lowest BCUT2D eigenvalue weighted by Crippen LogP contribution is -2.01. The number of ketones is 1. The van der Waals surface area contributed by atoms with E-state index in [1.54, 1.807) is 24.3 Å². The van der Waals surface area contributed by atoms with Gasteiger partial charge in [0, 0.05) is 5.56 Å². The van der Waals surface area contributed by atoms with Crippen LogP contribution in [0.25, 0.3) is 16.8 Å². The first-order valence-corrected chi connectivity index (χ1v) is 7.38. The summed E-state index contributed by atoms with van der Waals surface area (Å²) in [6.45, 7) is -2.85. The molecule has 3 rings (SSSR count). The first-order chi connectivity index (χ1) is 11.6. The summed E-state index contributed by atoms with van der Waals surface area (Å²) in [4.78, 5) is 12.3. The fourth-order valence-electron chi connectivity index (χ4n) is 2.37. The molecule has 0 radical (unpaired) electrons. The van der Waals surface area contributed by atoms with Gasteiger partial charge in [-0.25, -0.2) is 0 Å². The third-order valence-electron chi connectivity index (χ3n) is 3.57. The van der Waals surface area contributed by atoms with Crippen molar-refractivity contribution in [1.29, 1.82) is 0 Å². The van der Waals surface area contributed by atoms with E-state index in [2.05, 4.69) is 4.74 Å². The molecule has 0 aromatic heterocycles. The lowest BCUT2D eigenvalue weighted by molar-refractivity contribution is -0.0498. The average Bonchev–Trinajstić information content (AvgIpc) is 2.60. The minimum absolute atomic E-state index is 0.0861. The van der Waals surface area contributed by atoms with Crippen LogP contribution in [0.2, 0.25) is 0 Å². The van der Waals surface area contributed by atoms with Crippen molar-refractivity contribution in [3.8, 4) is 5.75 Å². The van der Waals surface area contributed by atoms with Crippen LogP contribution in [-0.2, 0) is 0 Å². The highest BCUT2D eigenvalue weighted by Crippen LogP contribution is 2.18. The molecule has 120 valence electrons. The minimum atomic E-state index is -2.85. The maximum absolute atomic E-state index is 12.3. The number of fused-ring (bicyclic) bond motifs is 1. The van der Waals surface area contributed by atoms with Gasteiger partial charge >= 0.3 is 6.61 Å². The van der Waals surface area contributed by atoms with E-state index >= 15 is 0 Å². The predicted octanol–water partition coefficient (Wildman–Crippen LogP) is 5.34. The van der Waals surface area contributed by atoms with Gasteiger partial charge in [-0.1, -0.05) is 54.6 Å². The number of alkyl halides is 2. The molecule has 0 aliphatic heterocycles. The van der Waals surface area contributed by atoms with Crippen LogP contribution in [0.4, 0.5) is 8.78 Å². The fraction of sp³-hybridized carbons (Fsp3) is 0.0500. The van der Waals surface area contributed by atoms with E-state index in [4.69, 9.17) is 0 Å². The van der Waals surface area contributed by atoms with E-state index < -0.39 is 6.61 Å². The molecule has 24 heavy (non-hydrogen) atoms. The lowest BCUT2D eigenvalue weighted by Gasteiger charge is -2.03. The number of allylic oxidation sites excluding steroid dienone is 1. The molecule has 0 fully saturated rings. The van der Waals surface area contributed by atoms with Crippen molar-refractivity contribution in [3.05, 3.63) is 83.9 Å². The second-order valence-electron chi connectivity index (χ2n) is 5.21. The summed E-state index contributed by atoms with van der Waals surface area (Å²) in [5.41, 5.74) is 1.33. The van der Waals surface area contributed by atoms with Crippen LogP contribution in [0.15, 0.2) is 72.8 Å². The molecular formula is C20H14F2O2. The largest absolute Gasteiger partial charge is 0.435 e. The van der Waals surface area contributed by atoms with Gasteiger partial charge < -0.3 is 4.74 Å². The molecule has 0 aliphatic carbocycles. The Morgan fingerprint density at radius 2 is 1.62 bits per heavy atom. The molecule has 0 heterocycles. The average molecular weight is 324 g/mol. The fourth-order valence-corrected chi connectivity index (χ4v) is 2.37. The molecule has 3 aromatic carbocycles. The summed E-state index contributed by atoms with van der Waals surface area (Å²) >= 11 is 0. The normalized spacial score (nSPS) is 11.3. The molecule has 3 aromatic rings. The Hall–Kier alpha value is -3.01. The molecule has 0 saturated heterocycles. The summed E-state index contributed by atoms with van der Waals surface area (Å²) in [5.74, 6) is -0.0309. The van der Waals surface area contributed by atoms with E-state index in [-0.39, 0.29) is 11.5 Å². The van der Waals surface area contributed by atoms with Gasteiger partial charge in [0.05, 0.1) is 0 Å². The summed E-state index contributed by atoms with van der Waals surface area (Å²) in [5, 5.41) is 2.08. The zero-order chi connectivity index (χ0) is 16.9. The molecule has 4 heteroatoms. The first-order valence-electron chi connectivity index (χ1n) is 7.38. The Morgan fingerprint density at radius 1 is 0.917 bits per heavy atom. The van der Waals surface area contributed by atoms with Gasteiger partial charge in [0.25, 0.3) is 0 Å². The van der Waals surface area contributed by atoms with Gasteiger partial charge in [0.1, 0.15) is 5.75 Å². The third kappa shape index (κ3) is 3.84. The van der Waals surface area contributed by atoms with E-state index in [1.165, 1.54) is 18.2 Å². The maximum atomic E-state index is 12.3. The SMILES string of the molecule is O=C(/C=C/c1ccc(OC(F)F)cc1)c1ccc2ccccc2c1. The van der Waals surface area contributed by atoms with Crippen LogP contribution in [0.1, 0.15) is 15.9 Å². The van der Waals surface area contributed by atoms with Crippen molar-refractivity contribution in [2.75, 3.05) is 0 Å². The Morgan fingerprint density at radius 3 is 2.33 bits per heavy atom. The summed E-state index contributed by atoms with van der Waals surface area (Å²) in [6.07, 6.45) is 3.11. The number of benzene rings is 3. The highest BCUT2D eigenvalue weighted by molar-refractivity contribution is 6.08. The second kappa shape index (κ2) is 7.04.